The highest BCUT2D eigenvalue weighted by atomic mass is 16.2. The van der Waals surface area contributed by atoms with Gasteiger partial charge in [-0.1, -0.05) is 13.8 Å². The van der Waals surface area contributed by atoms with Crippen LogP contribution in [-0.4, -0.2) is 47.0 Å². The van der Waals surface area contributed by atoms with Crippen molar-refractivity contribution in [3.63, 3.8) is 0 Å². The van der Waals surface area contributed by atoms with Gasteiger partial charge in [-0.2, -0.15) is 0 Å². The Bertz CT molecular complexity index is 473. The summed E-state index contributed by atoms with van der Waals surface area (Å²) in [6.45, 7) is 11.0. The Balaban J connectivity index is 2.09. The van der Waals surface area contributed by atoms with Gasteiger partial charge in [-0.15, -0.1) is 0 Å². The van der Waals surface area contributed by atoms with Crippen LogP contribution in [0.1, 0.15) is 25.2 Å². The number of rotatable bonds is 3. The summed E-state index contributed by atoms with van der Waals surface area (Å²) < 4.78 is 0. The van der Waals surface area contributed by atoms with Crippen molar-refractivity contribution >= 4 is 11.7 Å². The van der Waals surface area contributed by atoms with E-state index in [1.807, 2.05) is 23.6 Å². The van der Waals surface area contributed by atoms with Crippen molar-refractivity contribution in [2.45, 2.75) is 27.7 Å². The second-order valence-electron chi connectivity index (χ2n) is 5.58. The number of nitrogens with zero attached hydrogens (tertiary/aromatic N) is 4. The first-order valence-corrected chi connectivity index (χ1v) is 6.80. The van der Waals surface area contributed by atoms with Gasteiger partial charge in [0, 0.05) is 25.8 Å². The molecule has 1 aliphatic rings. The first-order valence-electron chi connectivity index (χ1n) is 6.80. The molecule has 5 heteroatoms. The van der Waals surface area contributed by atoms with Crippen LogP contribution in [0.15, 0.2) is 6.20 Å². The predicted octanol–water partition coefficient (Wildman–Crippen LogP) is 1.40. The number of piperazine rings is 1. The Morgan fingerprint density at radius 3 is 2.68 bits per heavy atom. The van der Waals surface area contributed by atoms with Crippen molar-refractivity contribution in [2.75, 3.05) is 31.1 Å². The van der Waals surface area contributed by atoms with E-state index in [9.17, 15) is 4.79 Å². The van der Waals surface area contributed by atoms with E-state index in [0.717, 1.165) is 36.8 Å². The van der Waals surface area contributed by atoms with Crippen LogP contribution in [0, 0.1) is 19.8 Å². The molecule has 2 heterocycles. The molecule has 5 nitrogen and oxygen atoms in total. The van der Waals surface area contributed by atoms with Crippen LogP contribution in [0.5, 0.6) is 0 Å². The van der Waals surface area contributed by atoms with Crippen molar-refractivity contribution in [2.24, 2.45) is 5.92 Å². The number of aromatic nitrogens is 2. The van der Waals surface area contributed by atoms with Gasteiger partial charge >= 0.3 is 0 Å². The van der Waals surface area contributed by atoms with Gasteiger partial charge in [-0.05, 0) is 19.8 Å². The van der Waals surface area contributed by atoms with Crippen molar-refractivity contribution in [1.82, 2.24) is 14.9 Å². The zero-order valence-electron chi connectivity index (χ0n) is 12.2. The van der Waals surface area contributed by atoms with Gasteiger partial charge in [0.15, 0.2) is 5.82 Å². The summed E-state index contributed by atoms with van der Waals surface area (Å²) in [6, 6.07) is 0. The van der Waals surface area contributed by atoms with Crippen molar-refractivity contribution < 1.29 is 4.79 Å². The molecule has 0 bridgehead atoms. The molecule has 0 unspecified atom stereocenters. The van der Waals surface area contributed by atoms with E-state index in [0.29, 0.717) is 12.5 Å². The smallest absolute Gasteiger partial charge is 0.242 e. The fraction of sp³-hybridized carbons (Fsp3) is 0.643. The van der Waals surface area contributed by atoms with E-state index in [1.54, 1.807) is 6.20 Å². The summed E-state index contributed by atoms with van der Waals surface area (Å²) in [5, 5.41) is 0. The van der Waals surface area contributed by atoms with Crippen LogP contribution < -0.4 is 4.90 Å². The third-order valence-electron chi connectivity index (χ3n) is 3.25. The number of amides is 1. The van der Waals surface area contributed by atoms with Gasteiger partial charge < -0.3 is 9.80 Å². The zero-order valence-corrected chi connectivity index (χ0v) is 12.2. The van der Waals surface area contributed by atoms with E-state index < -0.39 is 0 Å². The van der Waals surface area contributed by atoms with Gasteiger partial charge in [0.2, 0.25) is 5.91 Å². The molecule has 1 aromatic rings. The average molecular weight is 262 g/mol. The lowest BCUT2D eigenvalue weighted by atomic mass is 10.2. The molecule has 104 valence electrons. The van der Waals surface area contributed by atoms with Crippen LogP contribution in [0.4, 0.5) is 5.82 Å². The molecule has 0 spiro atoms. The van der Waals surface area contributed by atoms with Crippen LogP contribution in [0.3, 0.4) is 0 Å². The van der Waals surface area contributed by atoms with Crippen LogP contribution in [0.25, 0.3) is 0 Å². The molecule has 1 aliphatic heterocycles. The molecule has 19 heavy (non-hydrogen) atoms. The summed E-state index contributed by atoms with van der Waals surface area (Å²) in [7, 11) is 0. The minimum atomic E-state index is 0.183. The molecule has 0 atom stereocenters. The highest BCUT2D eigenvalue weighted by Crippen LogP contribution is 2.18. The number of carbonyl (C=O) groups is 1. The van der Waals surface area contributed by atoms with Crippen LogP contribution in [0.2, 0.25) is 0 Å². The van der Waals surface area contributed by atoms with Gasteiger partial charge in [-0.3, -0.25) is 9.78 Å². The maximum absolute atomic E-state index is 12.1. The minimum Gasteiger partial charge on any atom is -0.344 e. The van der Waals surface area contributed by atoms with E-state index in [4.69, 9.17) is 0 Å². The summed E-state index contributed by atoms with van der Waals surface area (Å²) in [5.41, 5.74) is 1.77. The quantitative estimate of drug-likeness (QED) is 0.826. The fourth-order valence-electron chi connectivity index (χ4n) is 2.35. The molecular formula is C14H22N4O. The second kappa shape index (κ2) is 5.55. The van der Waals surface area contributed by atoms with E-state index in [2.05, 4.69) is 23.8 Å². The second-order valence-corrected chi connectivity index (χ2v) is 5.58. The molecule has 1 amide bonds. The fourth-order valence-corrected chi connectivity index (χ4v) is 2.35. The molecular weight excluding hydrogens is 240 g/mol. The Kier molecular flexibility index (Phi) is 4.02. The summed E-state index contributed by atoms with van der Waals surface area (Å²) >= 11 is 0. The Morgan fingerprint density at radius 1 is 1.32 bits per heavy atom. The topological polar surface area (TPSA) is 49.3 Å². The zero-order chi connectivity index (χ0) is 14.0. The number of anilines is 1. The number of aryl methyl sites for hydroxylation is 2. The van der Waals surface area contributed by atoms with Crippen molar-refractivity contribution in [1.29, 1.82) is 0 Å². The molecule has 0 aliphatic carbocycles. The van der Waals surface area contributed by atoms with Crippen molar-refractivity contribution in [3.05, 3.63) is 17.6 Å². The molecule has 0 aromatic carbocycles. The molecule has 0 radical (unpaired) electrons. The van der Waals surface area contributed by atoms with Crippen molar-refractivity contribution in [3.8, 4) is 0 Å². The largest absolute Gasteiger partial charge is 0.344 e. The van der Waals surface area contributed by atoms with Crippen LogP contribution in [-0.2, 0) is 4.79 Å². The third kappa shape index (κ3) is 3.22. The molecule has 0 saturated carbocycles. The molecule has 1 saturated heterocycles. The van der Waals surface area contributed by atoms with Gasteiger partial charge in [-0.25, -0.2) is 4.98 Å². The average Bonchev–Trinajstić information content (AvgIpc) is 2.34. The first-order chi connectivity index (χ1) is 8.97. The number of hydrogen-bond donors (Lipinski definition) is 0. The highest BCUT2D eigenvalue weighted by molar-refractivity contribution is 5.82. The Morgan fingerprint density at radius 2 is 2.05 bits per heavy atom. The Hall–Kier alpha value is -1.65. The lowest BCUT2D eigenvalue weighted by Crippen LogP contribution is -2.51. The van der Waals surface area contributed by atoms with E-state index in [1.165, 1.54) is 0 Å². The maximum atomic E-state index is 12.1. The SMILES string of the molecule is Cc1cnc(C)c(N2CCN(CC(C)C)C(=O)C2)n1. The summed E-state index contributed by atoms with van der Waals surface area (Å²) in [5.74, 6) is 1.54. The van der Waals surface area contributed by atoms with E-state index >= 15 is 0 Å². The van der Waals surface area contributed by atoms with Gasteiger partial charge in [0.1, 0.15) is 0 Å². The molecule has 0 N–H and O–H groups in total. The Labute approximate surface area is 114 Å². The predicted molar refractivity (Wildman–Crippen MR) is 75.1 cm³/mol. The normalized spacial score (nSPS) is 16.4. The number of hydrogen-bond acceptors (Lipinski definition) is 4. The summed E-state index contributed by atoms with van der Waals surface area (Å²) in [6.07, 6.45) is 1.76. The monoisotopic (exact) mass is 262 g/mol. The lowest BCUT2D eigenvalue weighted by Gasteiger charge is -2.36. The van der Waals surface area contributed by atoms with Gasteiger partial charge in [0.25, 0.3) is 0 Å². The molecule has 1 fully saturated rings. The minimum absolute atomic E-state index is 0.183. The third-order valence-corrected chi connectivity index (χ3v) is 3.25. The number of carbonyl (C=O) groups excluding carboxylic acids is 1. The summed E-state index contributed by atoms with van der Waals surface area (Å²) in [4.78, 5) is 25.0. The lowest BCUT2D eigenvalue weighted by molar-refractivity contribution is -0.131. The maximum Gasteiger partial charge on any atom is 0.242 e. The van der Waals surface area contributed by atoms with E-state index in [-0.39, 0.29) is 5.91 Å². The standard InChI is InChI=1S/C14H22N4O/c1-10(2)8-17-5-6-18(9-13(17)19)14-12(4)15-7-11(3)16-14/h7,10H,5-6,8-9H2,1-4H3. The van der Waals surface area contributed by atoms with Gasteiger partial charge in [0.05, 0.1) is 17.9 Å². The molecule has 1 aromatic heterocycles. The first kappa shape index (κ1) is 13.8. The molecule has 2 rings (SSSR count). The van der Waals surface area contributed by atoms with Crippen LogP contribution >= 0.6 is 0 Å². The highest BCUT2D eigenvalue weighted by Gasteiger charge is 2.26.